The summed E-state index contributed by atoms with van der Waals surface area (Å²) < 4.78 is 11.3. The molecule has 0 spiro atoms. The molecule has 1 saturated carbocycles. The van der Waals surface area contributed by atoms with E-state index in [2.05, 4.69) is 12.2 Å². The van der Waals surface area contributed by atoms with Crippen LogP contribution in [0.3, 0.4) is 0 Å². The van der Waals surface area contributed by atoms with E-state index in [1.165, 1.54) is 19.3 Å². The SMILES string of the molecule is C[C@H]1CCCC[C@@H]1NC(=O)COc1ccc(OCc2ccccc2)cc1. The fourth-order valence-electron chi connectivity index (χ4n) is 3.30. The van der Waals surface area contributed by atoms with Crippen LogP contribution in [0.15, 0.2) is 54.6 Å². The molecule has 1 amide bonds. The first-order chi connectivity index (χ1) is 12.7. The maximum absolute atomic E-state index is 12.1. The van der Waals surface area contributed by atoms with Crippen molar-refractivity contribution >= 4 is 5.91 Å². The minimum Gasteiger partial charge on any atom is -0.489 e. The summed E-state index contributed by atoms with van der Waals surface area (Å²) in [6, 6.07) is 17.7. The van der Waals surface area contributed by atoms with Crippen molar-refractivity contribution in [2.24, 2.45) is 5.92 Å². The minimum absolute atomic E-state index is 0.0480. The first kappa shape index (κ1) is 18.3. The van der Waals surface area contributed by atoms with E-state index >= 15 is 0 Å². The lowest BCUT2D eigenvalue weighted by Gasteiger charge is -2.29. The summed E-state index contributed by atoms with van der Waals surface area (Å²) in [5.74, 6) is 1.95. The topological polar surface area (TPSA) is 47.6 Å². The van der Waals surface area contributed by atoms with E-state index in [1.54, 1.807) is 0 Å². The zero-order valence-corrected chi connectivity index (χ0v) is 15.3. The molecule has 1 fully saturated rings. The van der Waals surface area contributed by atoms with Gasteiger partial charge in [-0.2, -0.15) is 0 Å². The van der Waals surface area contributed by atoms with E-state index < -0.39 is 0 Å². The Kier molecular flexibility index (Phi) is 6.53. The van der Waals surface area contributed by atoms with Crippen LogP contribution in [0, 0.1) is 5.92 Å². The van der Waals surface area contributed by atoms with Gasteiger partial charge in [-0.3, -0.25) is 4.79 Å². The molecule has 138 valence electrons. The molecule has 0 radical (unpaired) electrons. The third-order valence-electron chi connectivity index (χ3n) is 4.90. The van der Waals surface area contributed by atoms with Crippen LogP contribution in [0.2, 0.25) is 0 Å². The van der Waals surface area contributed by atoms with Crippen molar-refractivity contribution in [2.45, 2.75) is 45.3 Å². The van der Waals surface area contributed by atoms with Crippen LogP contribution < -0.4 is 14.8 Å². The fourth-order valence-corrected chi connectivity index (χ4v) is 3.30. The molecule has 0 saturated heterocycles. The van der Waals surface area contributed by atoms with Gasteiger partial charge < -0.3 is 14.8 Å². The minimum atomic E-state index is -0.0480. The highest BCUT2D eigenvalue weighted by Crippen LogP contribution is 2.23. The average Bonchev–Trinajstić information content (AvgIpc) is 2.68. The normalized spacial score (nSPS) is 19.6. The summed E-state index contributed by atoms with van der Waals surface area (Å²) in [4.78, 5) is 12.1. The zero-order chi connectivity index (χ0) is 18.2. The first-order valence-electron chi connectivity index (χ1n) is 9.39. The molecule has 0 bridgehead atoms. The van der Waals surface area contributed by atoms with Crippen LogP contribution in [-0.4, -0.2) is 18.6 Å². The third-order valence-corrected chi connectivity index (χ3v) is 4.90. The zero-order valence-electron chi connectivity index (χ0n) is 15.3. The van der Waals surface area contributed by atoms with Crippen LogP contribution in [0.25, 0.3) is 0 Å². The van der Waals surface area contributed by atoms with E-state index in [1.807, 2.05) is 54.6 Å². The van der Waals surface area contributed by atoms with Crippen molar-refractivity contribution in [1.82, 2.24) is 5.32 Å². The van der Waals surface area contributed by atoms with Gasteiger partial charge in [-0.15, -0.1) is 0 Å². The second-order valence-electron chi connectivity index (χ2n) is 6.97. The van der Waals surface area contributed by atoms with Crippen molar-refractivity contribution in [2.75, 3.05) is 6.61 Å². The molecule has 0 heterocycles. The molecular formula is C22H27NO3. The molecule has 4 heteroatoms. The van der Waals surface area contributed by atoms with E-state index in [4.69, 9.17) is 9.47 Å². The summed E-state index contributed by atoms with van der Waals surface area (Å²) in [5, 5.41) is 3.10. The number of hydrogen-bond acceptors (Lipinski definition) is 3. The molecular weight excluding hydrogens is 326 g/mol. The molecule has 3 rings (SSSR count). The van der Waals surface area contributed by atoms with Gasteiger partial charge in [0.15, 0.2) is 6.61 Å². The van der Waals surface area contributed by atoms with Crippen molar-refractivity contribution in [3.8, 4) is 11.5 Å². The van der Waals surface area contributed by atoms with Crippen LogP contribution in [0.1, 0.15) is 38.2 Å². The maximum atomic E-state index is 12.1. The van der Waals surface area contributed by atoms with Crippen LogP contribution in [0.5, 0.6) is 11.5 Å². The van der Waals surface area contributed by atoms with Gasteiger partial charge in [0, 0.05) is 6.04 Å². The molecule has 26 heavy (non-hydrogen) atoms. The van der Waals surface area contributed by atoms with Gasteiger partial charge in [-0.05, 0) is 48.6 Å². The number of amides is 1. The van der Waals surface area contributed by atoms with Crippen molar-refractivity contribution in [1.29, 1.82) is 0 Å². The first-order valence-corrected chi connectivity index (χ1v) is 9.39. The monoisotopic (exact) mass is 353 g/mol. The molecule has 2 aromatic carbocycles. The van der Waals surface area contributed by atoms with Crippen molar-refractivity contribution in [3.63, 3.8) is 0 Å². The molecule has 1 aliphatic rings. The number of rotatable bonds is 7. The lowest BCUT2D eigenvalue weighted by atomic mass is 9.86. The second kappa shape index (κ2) is 9.27. The lowest BCUT2D eigenvalue weighted by Crippen LogP contribution is -2.43. The summed E-state index contributed by atoms with van der Waals surface area (Å²) in [6.45, 7) is 2.79. The summed E-state index contributed by atoms with van der Waals surface area (Å²) in [5.41, 5.74) is 1.13. The second-order valence-corrected chi connectivity index (χ2v) is 6.97. The van der Waals surface area contributed by atoms with Crippen molar-refractivity contribution in [3.05, 3.63) is 60.2 Å². The van der Waals surface area contributed by atoms with Crippen molar-refractivity contribution < 1.29 is 14.3 Å². The van der Waals surface area contributed by atoms with E-state index in [0.717, 1.165) is 17.7 Å². The highest BCUT2D eigenvalue weighted by molar-refractivity contribution is 5.77. The Balaban J connectivity index is 1.41. The third kappa shape index (κ3) is 5.51. The number of benzene rings is 2. The number of nitrogens with one attached hydrogen (secondary N) is 1. The van der Waals surface area contributed by atoms with E-state index in [9.17, 15) is 4.79 Å². The van der Waals surface area contributed by atoms with E-state index in [0.29, 0.717) is 18.3 Å². The smallest absolute Gasteiger partial charge is 0.258 e. The fraction of sp³-hybridized carbons (Fsp3) is 0.409. The predicted molar refractivity (Wildman–Crippen MR) is 102 cm³/mol. The summed E-state index contributed by atoms with van der Waals surface area (Å²) >= 11 is 0. The highest BCUT2D eigenvalue weighted by atomic mass is 16.5. The van der Waals surface area contributed by atoms with Gasteiger partial charge in [-0.1, -0.05) is 50.1 Å². The Labute approximate surface area is 155 Å². The molecule has 1 aliphatic carbocycles. The number of ether oxygens (including phenoxy) is 2. The Hall–Kier alpha value is -2.49. The van der Waals surface area contributed by atoms with Gasteiger partial charge in [0.1, 0.15) is 18.1 Å². The number of hydrogen-bond donors (Lipinski definition) is 1. The van der Waals surface area contributed by atoms with Gasteiger partial charge >= 0.3 is 0 Å². The highest BCUT2D eigenvalue weighted by Gasteiger charge is 2.22. The van der Waals surface area contributed by atoms with Crippen LogP contribution >= 0.6 is 0 Å². The molecule has 0 aromatic heterocycles. The van der Waals surface area contributed by atoms with Gasteiger partial charge in [0.05, 0.1) is 0 Å². The molecule has 4 nitrogen and oxygen atoms in total. The van der Waals surface area contributed by atoms with Crippen LogP contribution in [-0.2, 0) is 11.4 Å². The summed E-state index contributed by atoms with van der Waals surface area (Å²) in [6.07, 6.45) is 4.72. The Morgan fingerprint density at radius 1 is 0.962 bits per heavy atom. The molecule has 0 aliphatic heterocycles. The maximum Gasteiger partial charge on any atom is 0.258 e. The quantitative estimate of drug-likeness (QED) is 0.805. The average molecular weight is 353 g/mol. The number of carbonyl (C=O) groups excluding carboxylic acids is 1. The molecule has 2 aromatic rings. The predicted octanol–water partition coefficient (Wildman–Crippen LogP) is 4.34. The largest absolute Gasteiger partial charge is 0.489 e. The van der Waals surface area contributed by atoms with Gasteiger partial charge in [-0.25, -0.2) is 0 Å². The Bertz CT molecular complexity index is 684. The van der Waals surface area contributed by atoms with Gasteiger partial charge in [0.2, 0.25) is 0 Å². The standard InChI is InChI=1S/C22H27NO3/c1-17-7-5-6-10-21(17)23-22(24)16-26-20-13-11-19(12-14-20)25-15-18-8-3-2-4-9-18/h2-4,8-9,11-14,17,21H,5-7,10,15-16H2,1H3,(H,23,24)/t17-,21-/m0/s1. The Morgan fingerprint density at radius 3 is 2.31 bits per heavy atom. The van der Waals surface area contributed by atoms with E-state index in [-0.39, 0.29) is 18.6 Å². The Morgan fingerprint density at radius 2 is 1.62 bits per heavy atom. The number of carbonyl (C=O) groups is 1. The molecule has 1 N–H and O–H groups in total. The summed E-state index contributed by atoms with van der Waals surface area (Å²) in [7, 11) is 0. The van der Waals surface area contributed by atoms with Crippen LogP contribution in [0.4, 0.5) is 0 Å². The molecule has 0 unspecified atom stereocenters. The lowest BCUT2D eigenvalue weighted by molar-refractivity contribution is -0.124. The molecule has 2 atom stereocenters. The van der Waals surface area contributed by atoms with Gasteiger partial charge in [0.25, 0.3) is 5.91 Å².